The Kier molecular flexibility index (Phi) is 5.18. The second-order valence-corrected chi connectivity index (χ2v) is 8.51. The van der Waals surface area contributed by atoms with E-state index in [1.807, 2.05) is 36.1 Å². The van der Waals surface area contributed by atoms with Gasteiger partial charge in [-0.15, -0.1) is 11.8 Å². The zero-order chi connectivity index (χ0) is 17.3. The zero-order valence-corrected chi connectivity index (χ0v) is 15.4. The van der Waals surface area contributed by atoms with E-state index in [2.05, 4.69) is 19.2 Å². The molecule has 3 rings (SSSR count). The van der Waals surface area contributed by atoms with Crippen molar-refractivity contribution in [3.05, 3.63) is 35.4 Å². The summed E-state index contributed by atoms with van der Waals surface area (Å²) >= 11 is 1.73. The van der Waals surface area contributed by atoms with Gasteiger partial charge in [0.2, 0.25) is 5.91 Å². The van der Waals surface area contributed by atoms with Crippen LogP contribution in [0.3, 0.4) is 0 Å². The quantitative estimate of drug-likeness (QED) is 0.891. The second kappa shape index (κ2) is 7.18. The van der Waals surface area contributed by atoms with Crippen molar-refractivity contribution in [2.45, 2.75) is 57.5 Å². The van der Waals surface area contributed by atoms with Crippen molar-refractivity contribution in [3.8, 4) is 0 Å². The van der Waals surface area contributed by atoms with Gasteiger partial charge >= 0.3 is 0 Å². The Balaban J connectivity index is 1.81. The molecule has 2 amide bonds. The normalized spacial score (nSPS) is 23.6. The van der Waals surface area contributed by atoms with Gasteiger partial charge in [-0.2, -0.15) is 0 Å². The lowest BCUT2D eigenvalue weighted by Gasteiger charge is -2.30. The van der Waals surface area contributed by atoms with Crippen LogP contribution in [0.15, 0.2) is 24.3 Å². The van der Waals surface area contributed by atoms with Crippen molar-refractivity contribution in [2.75, 3.05) is 5.75 Å². The molecule has 2 unspecified atom stereocenters. The SMILES string of the molecule is Cc1ccc(C(=O)N2C(CC(C)C)SCC2C(=O)NC2CC2)cc1. The number of amides is 2. The molecule has 4 nitrogen and oxygen atoms in total. The van der Waals surface area contributed by atoms with E-state index in [0.717, 1.165) is 24.8 Å². The molecule has 1 aromatic rings. The summed E-state index contributed by atoms with van der Waals surface area (Å²) in [6.07, 6.45) is 3.04. The molecule has 2 fully saturated rings. The Morgan fingerprint density at radius 1 is 1.25 bits per heavy atom. The van der Waals surface area contributed by atoms with Crippen LogP contribution in [-0.2, 0) is 4.79 Å². The van der Waals surface area contributed by atoms with Gasteiger partial charge in [0, 0.05) is 17.4 Å². The van der Waals surface area contributed by atoms with Gasteiger partial charge in [0.05, 0.1) is 5.37 Å². The monoisotopic (exact) mass is 346 g/mol. The summed E-state index contributed by atoms with van der Waals surface area (Å²) in [5, 5.41) is 3.15. The van der Waals surface area contributed by atoms with Gasteiger partial charge in [0.25, 0.3) is 5.91 Å². The van der Waals surface area contributed by atoms with Crippen molar-refractivity contribution in [1.29, 1.82) is 0 Å². The maximum absolute atomic E-state index is 13.1. The molecule has 0 radical (unpaired) electrons. The fraction of sp³-hybridized carbons (Fsp3) is 0.579. The number of hydrogen-bond acceptors (Lipinski definition) is 3. The molecule has 2 aliphatic rings. The molecule has 1 N–H and O–H groups in total. The van der Waals surface area contributed by atoms with Crippen molar-refractivity contribution in [3.63, 3.8) is 0 Å². The summed E-state index contributed by atoms with van der Waals surface area (Å²) in [5.74, 6) is 1.16. The number of aryl methyl sites for hydroxylation is 1. The van der Waals surface area contributed by atoms with Gasteiger partial charge in [-0.25, -0.2) is 0 Å². The molecule has 1 saturated heterocycles. The second-order valence-electron chi connectivity index (χ2n) is 7.29. The standard InChI is InChI=1S/C19H26N2O2S/c1-12(2)10-17-21(19(23)14-6-4-13(3)5-7-14)16(11-24-17)18(22)20-15-8-9-15/h4-7,12,15-17H,8-11H2,1-3H3,(H,20,22). The molecule has 1 aliphatic carbocycles. The molecular formula is C19H26N2O2S. The first-order valence-corrected chi connectivity index (χ1v) is 9.82. The van der Waals surface area contributed by atoms with Crippen LogP contribution >= 0.6 is 11.8 Å². The van der Waals surface area contributed by atoms with Crippen LogP contribution in [-0.4, -0.2) is 39.9 Å². The number of nitrogens with one attached hydrogen (secondary N) is 1. The topological polar surface area (TPSA) is 49.4 Å². The lowest BCUT2D eigenvalue weighted by atomic mass is 10.1. The highest BCUT2D eigenvalue weighted by Crippen LogP contribution is 2.35. The number of thioether (sulfide) groups is 1. The maximum Gasteiger partial charge on any atom is 0.255 e. The predicted molar refractivity (Wildman–Crippen MR) is 98.0 cm³/mol. The summed E-state index contributed by atoms with van der Waals surface area (Å²) in [4.78, 5) is 27.5. The first-order chi connectivity index (χ1) is 11.5. The van der Waals surface area contributed by atoms with Crippen LogP contribution in [0.5, 0.6) is 0 Å². The van der Waals surface area contributed by atoms with Crippen LogP contribution in [0.4, 0.5) is 0 Å². The lowest BCUT2D eigenvalue weighted by molar-refractivity contribution is -0.125. The Morgan fingerprint density at radius 3 is 2.50 bits per heavy atom. The third kappa shape index (κ3) is 3.94. The summed E-state index contributed by atoms with van der Waals surface area (Å²) < 4.78 is 0. The van der Waals surface area contributed by atoms with E-state index in [-0.39, 0.29) is 23.2 Å². The Morgan fingerprint density at radius 2 is 1.92 bits per heavy atom. The highest BCUT2D eigenvalue weighted by Gasteiger charge is 2.42. The van der Waals surface area contributed by atoms with Crippen LogP contribution < -0.4 is 5.32 Å². The molecule has 130 valence electrons. The van der Waals surface area contributed by atoms with E-state index in [1.165, 1.54) is 0 Å². The highest BCUT2D eigenvalue weighted by atomic mass is 32.2. The summed E-state index contributed by atoms with van der Waals surface area (Å²) in [6.45, 7) is 6.33. The number of benzene rings is 1. The Bertz CT molecular complexity index is 610. The van der Waals surface area contributed by atoms with Crippen LogP contribution in [0.2, 0.25) is 0 Å². The van der Waals surface area contributed by atoms with Gasteiger partial charge < -0.3 is 10.2 Å². The Hall–Kier alpha value is -1.49. The van der Waals surface area contributed by atoms with Crippen LogP contribution in [0.25, 0.3) is 0 Å². The van der Waals surface area contributed by atoms with Gasteiger partial charge in [0.1, 0.15) is 6.04 Å². The molecule has 1 heterocycles. The van der Waals surface area contributed by atoms with E-state index < -0.39 is 0 Å². The lowest BCUT2D eigenvalue weighted by Crippen LogP contribution is -2.50. The fourth-order valence-corrected chi connectivity index (χ4v) is 4.63. The molecule has 2 atom stereocenters. The van der Waals surface area contributed by atoms with Gasteiger partial charge in [-0.1, -0.05) is 31.5 Å². The van der Waals surface area contributed by atoms with Crippen molar-refractivity contribution in [1.82, 2.24) is 10.2 Å². The van der Waals surface area contributed by atoms with E-state index in [4.69, 9.17) is 0 Å². The van der Waals surface area contributed by atoms with Gasteiger partial charge in [-0.05, 0) is 44.2 Å². The summed E-state index contributed by atoms with van der Waals surface area (Å²) in [7, 11) is 0. The minimum atomic E-state index is -0.354. The predicted octanol–water partition coefficient (Wildman–Crippen LogP) is 3.20. The minimum Gasteiger partial charge on any atom is -0.352 e. The van der Waals surface area contributed by atoms with Crippen LogP contribution in [0, 0.1) is 12.8 Å². The molecule has 1 aromatic carbocycles. The largest absolute Gasteiger partial charge is 0.352 e. The number of carbonyl (C=O) groups is 2. The van der Waals surface area contributed by atoms with Crippen LogP contribution in [0.1, 0.15) is 49.0 Å². The summed E-state index contributed by atoms with van der Waals surface area (Å²) in [6, 6.07) is 7.60. The number of carbonyl (C=O) groups excluding carboxylic acids is 2. The number of nitrogens with zero attached hydrogens (tertiary/aromatic N) is 1. The van der Waals surface area contributed by atoms with Gasteiger partial charge in [0.15, 0.2) is 0 Å². The average Bonchev–Trinajstić information content (AvgIpc) is 3.25. The third-order valence-corrected chi connectivity index (χ3v) is 5.84. The molecular weight excluding hydrogens is 320 g/mol. The van der Waals surface area contributed by atoms with E-state index in [9.17, 15) is 9.59 Å². The fourth-order valence-electron chi connectivity index (χ4n) is 2.99. The van der Waals surface area contributed by atoms with Crippen molar-refractivity contribution >= 4 is 23.6 Å². The van der Waals surface area contributed by atoms with E-state index in [0.29, 0.717) is 23.3 Å². The average molecular weight is 346 g/mol. The highest BCUT2D eigenvalue weighted by molar-refractivity contribution is 8.00. The first kappa shape index (κ1) is 17.3. The first-order valence-electron chi connectivity index (χ1n) is 8.77. The molecule has 1 saturated carbocycles. The zero-order valence-electron chi connectivity index (χ0n) is 14.6. The molecule has 1 aliphatic heterocycles. The number of hydrogen-bond donors (Lipinski definition) is 1. The molecule has 5 heteroatoms. The molecule has 0 spiro atoms. The third-order valence-electron chi connectivity index (χ3n) is 4.52. The van der Waals surface area contributed by atoms with Crippen molar-refractivity contribution < 1.29 is 9.59 Å². The van der Waals surface area contributed by atoms with E-state index in [1.54, 1.807) is 11.8 Å². The minimum absolute atomic E-state index is 0.0108. The Labute approximate surface area is 148 Å². The molecule has 24 heavy (non-hydrogen) atoms. The van der Waals surface area contributed by atoms with Crippen molar-refractivity contribution in [2.24, 2.45) is 5.92 Å². The molecule has 0 aromatic heterocycles. The number of rotatable bonds is 5. The maximum atomic E-state index is 13.1. The van der Waals surface area contributed by atoms with E-state index >= 15 is 0 Å². The smallest absolute Gasteiger partial charge is 0.255 e. The summed E-state index contributed by atoms with van der Waals surface area (Å²) in [5.41, 5.74) is 1.80. The molecule has 0 bridgehead atoms. The van der Waals surface area contributed by atoms with Gasteiger partial charge in [-0.3, -0.25) is 9.59 Å².